The van der Waals surface area contributed by atoms with Gasteiger partial charge in [-0.25, -0.2) is 0 Å². The number of phenols is 1. The lowest BCUT2D eigenvalue weighted by atomic mass is 10.2. The number of hydrogen-bond donors (Lipinski definition) is 1. The van der Waals surface area contributed by atoms with Crippen LogP contribution in [0.2, 0.25) is 0 Å². The first-order chi connectivity index (χ1) is 9.56. The van der Waals surface area contributed by atoms with Gasteiger partial charge >= 0.3 is 0 Å². The number of hydrogen-bond acceptors (Lipinski definition) is 5. The van der Waals surface area contributed by atoms with Crippen molar-refractivity contribution in [2.45, 2.75) is 0 Å². The molecule has 2 aromatic rings. The molecule has 102 valence electrons. The number of benzene rings is 2. The van der Waals surface area contributed by atoms with Gasteiger partial charge in [0.2, 0.25) is 0 Å². The van der Waals surface area contributed by atoms with Gasteiger partial charge < -0.3 is 5.11 Å². The average Bonchev–Trinajstić information content (AvgIpc) is 2.48. The molecule has 0 aliphatic rings. The molecule has 6 heteroatoms. The Kier molecular flexibility index (Phi) is 5.58. The Bertz CT molecular complexity index is 624. The van der Waals surface area contributed by atoms with Crippen molar-refractivity contribution >= 4 is 18.3 Å². The summed E-state index contributed by atoms with van der Waals surface area (Å²) in [6.45, 7) is 0. The number of rotatable bonds is 3. The molecule has 0 radical (unpaired) electrons. The minimum absolute atomic E-state index is 0.0606. The molecule has 0 saturated heterocycles. The van der Waals surface area contributed by atoms with E-state index in [1.165, 1.54) is 36.4 Å². The molecule has 0 bridgehead atoms. The minimum Gasteiger partial charge on any atom is -0.508 e. The summed E-state index contributed by atoms with van der Waals surface area (Å²) in [5.41, 5.74) is 0.754. The fraction of sp³-hybridized carbons (Fsp3) is 0. The Labute approximate surface area is 114 Å². The summed E-state index contributed by atoms with van der Waals surface area (Å²) >= 11 is 0. The van der Waals surface area contributed by atoms with E-state index in [0.717, 1.165) is 0 Å². The van der Waals surface area contributed by atoms with E-state index < -0.39 is 4.92 Å². The number of carbonyl (C=O) groups excluding carboxylic acids is 2. The van der Waals surface area contributed by atoms with E-state index in [2.05, 4.69) is 0 Å². The lowest BCUT2D eigenvalue weighted by Crippen LogP contribution is -1.88. The van der Waals surface area contributed by atoms with Crippen LogP contribution in [0.5, 0.6) is 5.75 Å². The van der Waals surface area contributed by atoms with Crippen molar-refractivity contribution in [3.8, 4) is 5.75 Å². The van der Waals surface area contributed by atoms with E-state index in [4.69, 9.17) is 5.11 Å². The first-order valence-electron chi connectivity index (χ1n) is 5.50. The fourth-order valence-corrected chi connectivity index (χ4v) is 1.31. The molecule has 0 fully saturated rings. The van der Waals surface area contributed by atoms with Crippen LogP contribution in [-0.4, -0.2) is 22.6 Å². The molecule has 20 heavy (non-hydrogen) atoms. The number of carbonyl (C=O) groups is 2. The predicted octanol–water partition coefficient (Wildman–Crippen LogP) is 2.61. The zero-order valence-electron chi connectivity index (χ0n) is 10.3. The highest BCUT2D eigenvalue weighted by atomic mass is 16.6. The van der Waals surface area contributed by atoms with Crippen molar-refractivity contribution < 1.29 is 19.6 Å². The molecular weight excluding hydrogens is 262 g/mol. The van der Waals surface area contributed by atoms with Crippen molar-refractivity contribution in [2.24, 2.45) is 0 Å². The van der Waals surface area contributed by atoms with Crippen LogP contribution in [0.15, 0.2) is 48.5 Å². The van der Waals surface area contributed by atoms with Gasteiger partial charge in [0.15, 0.2) is 0 Å². The van der Waals surface area contributed by atoms with Crippen LogP contribution in [0, 0.1) is 10.1 Å². The third-order valence-electron chi connectivity index (χ3n) is 2.22. The monoisotopic (exact) mass is 273 g/mol. The van der Waals surface area contributed by atoms with Gasteiger partial charge in [-0.15, -0.1) is 0 Å². The van der Waals surface area contributed by atoms with E-state index in [1.807, 2.05) is 0 Å². The van der Waals surface area contributed by atoms with Crippen LogP contribution in [0.25, 0.3) is 0 Å². The van der Waals surface area contributed by atoms with Crippen molar-refractivity contribution in [1.82, 2.24) is 0 Å². The normalized spacial score (nSPS) is 9.00. The number of aromatic hydroxyl groups is 1. The maximum Gasteiger partial charge on any atom is 0.270 e. The summed E-state index contributed by atoms with van der Waals surface area (Å²) in [6, 6.07) is 11.7. The standard InChI is InChI=1S/C7H5NO3.C7H6O2/c9-5-6-2-1-3-7(4-6)8(10)11;8-5-6-2-1-3-7(9)4-6/h1-5H;1-5,9H. The minimum atomic E-state index is -0.535. The zero-order chi connectivity index (χ0) is 15.0. The average molecular weight is 273 g/mol. The molecule has 2 aromatic carbocycles. The molecule has 0 saturated carbocycles. The summed E-state index contributed by atoms with van der Waals surface area (Å²) in [7, 11) is 0. The highest BCUT2D eigenvalue weighted by molar-refractivity contribution is 5.76. The number of nitro benzene ring substituents is 1. The zero-order valence-corrected chi connectivity index (χ0v) is 10.3. The fourth-order valence-electron chi connectivity index (χ4n) is 1.31. The number of nitrogens with zero attached hydrogens (tertiary/aromatic N) is 1. The lowest BCUT2D eigenvalue weighted by molar-refractivity contribution is -0.384. The van der Waals surface area contributed by atoms with Gasteiger partial charge in [-0.1, -0.05) is 24.3 Å². The Morgan fingerprint density at radius 2 is 1.50 bits per heavy atom. The van der Waals surface area contributed by atoms with Crippen LogP contribution >= 0.6 is 0 Å². The Morgan fingerprint density at radius 1 is 0.950 bits per heavy atom. The Hall–Kier alpha value is -3.02. The topological polar surface area (TPSA) is 97.5 Å². The van der Waals surface area contributed by atoms with Crippen molar-refractivity contribution in [3.63, 3.8) is 0 Å². The van der Waals surface area contributed by atoms with Gasteiger partial charge in [-0.3, -0.25) is 19.7 Å². The van der Waals surface area contributed by atoms with Crippen LogP contribution in [0.1, 0.15) is 20.7 Å². The van der Waals surface area contributed by atoms with Crippen molar-refractivity contribution in [3.05, 3.63) is 69.8 Å². The van der Waals surface area contributed by atoms with E-state index >= 15 is 0 Å². The molecule has 0 unspecified atom stereocenters. The number of nitro groups is 1. The molecule has 0 spiro atoms. The maximum atomic E-state index is 10.2. The van der Waals surface area contributed by atoms with Crippen LogP contribution in [-0.2, 0) is 0 Å². The van der Waals surface area contributed by atoms with Crippen molar-refractivity contribution in [2.75, 3.05) is 0 Å². The summed E-state index contributed by atoms with van der Waals surface area (Å²) in [6.07, 6.45) is 1.27. The van der Waals surface area contributed by atoms with Gasteiger partial charge in [0.25, 0.3) is 5.69 Å². The number of phenolic OH excluding ortho intramolecular Hbond substituents is 1. The molecule has 1 N–H and O–H groups in total. The van der Waals surface area contributed by atoms with Gasteiger partial charge in [0.05, 0.1) is 4.92 Å². The predicted molar refractivity (Wildman–Crippen MR) is 72.0 cm³/mol. The Balaban J connectivity index is 0.000000204. The van der Waals surface area contributed by atoms with Gasteiger partial charge in [0, 0.05) is 23.3 Å². The Morgan fingerprint density at radius 3 is 1.95 bits per heavy atom. The van der Waals surface area contributed by atoms with Crippen LogP contribution < -0.4 is 0 Å². The van der Waals surface area contributed by atoms with E-state index in [-0.39, 0.29) is 11.4 Å². The second-order valence-electron chi connectivity index (χ2n) is 3.68. The van der Waals surface area contributed by atoms with Crippen LogP contribution in [0.4, 0.5) is 5.69 Å². The molecule has 0 aliphatic carbocycles. The number of aldehydes is 2. The lowest BCUT2D eigenvalue weighted by Gasteiger charge is -1.90. The molecule has 0 amide bonds. The summed E-state index contributed by atoms with van der Waals surface area (Å²) < 4.78 is 0. The largest absolute Gasteiger partial charge is 0.508 e. The van der Waals surface area contributed by atoms with Gasteiger partial charge in [0.1, 0.15) is 18.3 Å². The summed E-state index contributed by atoms with van der Waals surface area (Å²) in [5.74, 6) is 0.125. The SMILES string of the molecule is O=Cc1cccc(O)c1.O=Cc1cccc([N+](=O)[O-])c1. The van der Waals surface area contributed by atoms with Gasteiger partial charge in [-0.2, -0.15) is 0 Å². The summed E-state index contributed by atoms with van der Waals surface area (Å²) in [5, 5.41) is 18.9. The number of non-ortho nitro benzene ring substituents is 1. The maximum absolute atomic E-state index is 10.2. The third kappa shape index (κ3) is 4.69. The highest BCUT2D eigenvalue weighted by Gasteiger charge is 2.03. The first-order valence-corrected chi connectivity index (χ1v) is 5.50. The highest BCUT2D eigenvalue weighted by Crippen LogP contribution is 2.11. The second kappa shape index (κ2) is 7.42. The van der Waals surface area contributed by atoms with Crippen molar-refractivity contribution in [1.29, 1.82) is 0 Å². The van der Waals surface area contributed by atoms with E-state index in [9.17, 15) is 19.7 Å². The van der Waals surface area contributed by atoms with E-state index in [0.29, 0.717) is 23.7 Å². The second-order valence-corrected chi connectivity index (χ2v) is 3.68. The first kappa shape index (κ1) is 15.0. The molecule has 0 heterocycles. The molecule has 0 aromatic heterocycles. The quantitative estimate of drug-likeness (QED) is 0.526. The van der Waals surface area contributed by atoms with E-state index in [1.54, 1.807) is 12.1 Å². The molecule has 0 aliphatic heterocycles. The van der Waals surface area contributed by atoms with Crippen LogP contribution in [0.3, 0.4) is 0 Å². The molecule has 2 rings (SSSR count). The smallest absolute Gasteiger partial charge is 0.270 e. The molecular formula is C14H11NO5. The third-order valence-corrected chi connectivity index (χ3v) is 2.22. The molecule has 6 nitrogen and oxygen atoms in total. The summed E-state index contributed by atoms with van der Waals surface area (Å²) in [4.78, 5) is 29.8. The van der Waals surface area contributed by atoms with Gasteiger partial charge in [-0.05, 0) is 12.1 Å². The molecule has 0 atom stereocenters.